The molecule has 4 heteroatoms. The molecule has 0 radical (unpaired) electrons. The number of unbranched alkanes of at least 4 members (excludes halogenated alkanes) is 1. The highest BCUT2D eigenvalue weighted by atomic mass is 16.5. The van der Waals surface area contributed by atoms with Gasteiger partial charge >= 0.3 is 5.97 Å². The van der Waals surface area contributed by atoms with Gasteiger partial charge in [-0.15, -0.1) is 0 Å². The van der Waals surface area contributed by atoms with Crippen molar-refractivity contribution in [3.8, 4) is 0 Å². The van der Waals surface area contributed by atoms with E-state index in [0.29, 0.717) is 18.8 Å². The fourth-order valence-electron chi connectivity index (χ4n) is 2.32. The van der Waals surface area contributed by atoms with E-state index < -0.39 is 0 Å². The Morgan fingerprint density at radius 3 is 2.82 bits per heavy atom. The van der Waals surface area contributed by atoms with Crippen LogP contribution in [0.1, 0.15) is 39.5 Å². The van der Waals surface area contributed by atoms with Gasteiger partial charge in [0, 0.05) is 26.6 Å². The van der Waals surface area contributed by atoms with Crippen LogP contribution in [0, 0.1) is 0 Å². The molecular formula is C13H25NO3. The standard InChI is InChI=1S/C13H25NO3/c1-4-5-7-14-8-6-13(16-3)9-12(14)10-17-11(2)15/h12-13H,4-10H2,1-3H3. The summed E-state index contributed by atoms with van der Waals surface area (Å²) in [5.41, 5.74) is 0. The van der Waals surface area contributed by atoms with Crippen molar-refractivity contribution >= 4 is 5.97 Å². The third-order valence-electron chi connectivity index (χ3n) is 3.40. The number of carbonyl (C=O) groups is 1. The minimum absolute atomic E-state index is 0.194. The molecule has 2 atom stereocenters. The van der Waals surface area contributed by atoms with Crippen LogP contribution in [0.15, 0.2) is 0 Å². The lowest BCUT2D eigenvalue weighted by molar-refractivity contribution is -0.144. The molecule has 2 unspecified atom stereocenters. The number of nitrogens with zero attached hydrogens (tertiary/aromatic N) is 1. The van der Waals surface area contributed by atoms with Crippen LogP contribution < -0.4 is 0 Å². The van der Waals surface area contributed by atoms with Crippen LogP contribution in [-0.2, 0) is 14.3 Å². The highest BCUT2D eigenvalue weighted by molar-refractivity contribution is 5.65. The Morgan fingerprint density at radius 1 is 1.47 bits per heavy atom. The lowest BCUT2D eigenvalue weighted by Crippen LogP contribution is -2.47. The number of methoxy groups -OCH3 is 1. The molecule has 0 spiro atoms. The molecule has 1 saturated heterocycles. The van der Waals surface area contributed by atoms with Crippen molar-refractivity contribution in [1.29, 1.82) is 0 Å². The van der Waals surface area contributed by atoms with E-state index in [2.05, 4.69) is 11.8 Å². The van der Waals surface area contributed by atoms with E-state index >= 15 is 0 Å². The monoisotopic (exact) mass is 243 g/mol. The van der Waals surface area contributed by atoms with Gasteiger partial charge in [0.15, 0.2) is 0 Å². The fourth-order valence-corrected chi connectivity index (χ4v) is 2.32. The normalized spacial score (nSPS) is 25.8. The maximum Gasteiger partial charge on any atom is 0.302 e. The van der Waals surface area contributed by atoms with E-state index in [9.17, 15) is 4.79 Å². The first kappa shape index (κ1) is 14.5. The number of carbonyl (C=O) groups excluding carboxylic acids is 1. The Balaban J connectivity index is 2.45. The molecule has 1 aliphatic heterocycles. The van der Waals surface area contributed by atoms with Crippen LogP contribution in [0.5, 0.6) is 0 Å². The van der Waals surface area contributed by atoms with Crippen LogP contribution in [0.25, 0.3) is 0 Å². The quantitative estimate of drug-likeness (QED) is 0.667. The Morgan fingerprint density at radius 2 is 2.24 bits per heavy atom. The van der Waals surface area contributed by atoms with Crippen molar-refractivity contribution < 1.29 is 14.3 Å². The van der Waals surface area contributed by atoms with E-state index in [1.54, 1.807) is 7.11 Å². The molecule has 1 fully saturated rings. The second-order valence-electron chi connectivity index (χ2n) is 4.73. The topological polar surface area (TPSA) is 38.8 Å². The minimum atomic E-state index is -0.194. The molecule has 4 nitrogen and oxygen atoms in total. The van der Waals surface area contributed by atoms with Crippen molar-refractivity contribution in [2.75, 3.05) is 26.8 Å². The minimum Gasteiger partial charge on any atom is -0.464 e. The van der Waals surface area contributed by atoms with Gasteiger partial charge in [0.2, 0.25) is 0 Å². The van der Waals surface area contributed by atoms with Gasteiger partial charge in [0.1, 0.15) is 6.61 Å². The highest BCUT2D eigenvalue weighted by Crippen LogP contribution is 2.20. The maximum absolute atomic E-state index is 10.9. The van der Waals surface area contributed by atoms with E-state index in [0.717, 1.165) is 25.9 Å². The molecule has 0 aromatic rings. The number of ether oxygens (including phenoxy) is 2. The largest absolute Gasteiger partial charge is 0.464 e. The summed E-state index contributed by atoms with van der Waals surface area (Å²) in [6, 6.07) is 0.323. The van der Waals surface area contributed by atoms with E-state index in [-0.39, 0.29) is 5.97 Å². The molecule has 0 aromatic heterocycles. The van der Waals surface area contributed by atoms with Crippen molar-refractivity contribution in [2.45, 2.75) is 51.7 Å². The lowest BCUT2D eigenvalue weighted by Gasteiger charge is -2.38. The predicted octanol–water partition coefficient (Wildman–Crippen LogP) is 1.83. The van der Waals surface area contributed by atoms with Gasteiger partial charge in [-0.1, -0.05) is 13.3 Å². The first-order valence-electron chi connectivity index (χ1n) is 6.57. The summed E-state index contributed by atoms with van der Waals surface area (Å²) in [5, 5.41) is 0. The number of hydrogen-bond donors (Lipinski definition) is 0. The van der Waals surface area contributed by atoms with Gasteiger partial charge in [0.05, 0.1) is 6.10 Å². The third-order valence-corrected chi connectivity index (χ3v) is 3.40. The molecule has 0 bridgehead atoms. The van der Waals surface area contributed by atoms with Crippen molar-refractivity contribution in [3.63, 3.8) is 0 Å². The summed E-state index contributed by atoms with van der Waals surface area (Å²) in [7, 11) is 1.76. The average Bonchev–Trinajstić information content (AvgIpc) is 2.34. The molecule has 100 valence electrons. The van der Waals surface area contributed by atoms with Gasteiger partial charge < -0.3 is 9.47 Å². The predicted molar refractivity (Wildman–Crippen MR) is 66.9 cm³/mol. The molecule has 0 saturated carbocycles. The molecule has 0 amide bonds. The van der Waals surface area contributed by atoms with E-state index in [1.165, 1.54) is 19.8 Å². The zero-order valence-corrected chi connectivity index (χ0v) is 11.3. The first-order valence-corrected chi connectivity index (χ1v) is 6.57. The van der Waals surface area contributed by atoms with Gasteiger partial charge in [-0.3, -0.25) is 9.69 Å². The Bertz CT molecular complexity index is 233. The van der Waals surface area contributed by atoms with Gasteiger partial charge in [-0.2, -0.15) is 0 Å². The van der Waals surface area contributed by atoms with Crippen LogP contribution in [0.4, 0.5) is 0 Å². The summed E-state index contributed by atoms with van der Waals surface area (Å²) in [4.78, 5) is 13.3. The molecule has 1 heterocycles. The van der Waals surface area contributed by atoms with Crippen molar-refractivity contribution in [3.05, 3.63) is 0 Å². The Hall–Kier alpha value is -0.610. The molecule has 0 N–H and O–H groups in total. The number of rotatable bonds is 6. The Kier molecular flexibility index (Phi) is 6.52. The van der Waals surface area contributed by atoms with Crippen LogP contribution in [-0.4, -0.2) is 49.8 Å². The average molecular weight is 243 g/mol. The zero-order chi connectivity index (χ0) is 12.7. The van der Waals surface area contributed by atoms with E-state index in [1.807, 2.05) is 0 Å². The lowest BCUT2D eigenvalue weighted by atomic mass is 9.99. The zero-order valence-electron chi connectivity index (χ0n) is 11.3. The summed E-state index contributed by atoms with van der Waals surface area (Å²) >= 11 is 0. The fraction of sp³-hybridized carbons (Fsp3) is 0.923. The smallest absolute Gasteiger partial charge is 0.302 e. The molecule has 1 aliphatic rings. The highest BCUT2D eigenvalue weighted by Gasteiger charge is 2.28. The summed E-state index contributed by atoms with van der Waals surface area (Å²) in [6.45, 7) is 6.30. The molecule has 0 aliphatic carbocycles. The number of hydrogen-bond acceptors (Lipinski definition) is 4. The molecule has 0 aromatic carbocycles. The van der Waals surface area contributed by atoms with Crippen LogP contribution >= 0.6 is 0 Å². The second-order valence-corrected chi connectivity index (χ2v) is 4.73. The second kappa shape index (κ2) is 7.67. The maximum atomic E-state index is 10.9. The molecule has 17 heavy (non-hydrogen) atoms. The first-order chi connectivity index (χ1) is 8.17. The molecular weight excluding hydrogens is 218 g/mol. The summed E-state index contributed by atoms with van der Waals surface area (Å²) in [5.74, 6) is -0.194. The SMILES string of the molecule is CCCCN1CCC(OC)CC1COC(C)=O. The van der Waals surface area contributed by atoms with Gasteiger partial charge in [-0.05, 0) is 25.8 Å². The van der Waals surface area contributed by atoms with Crippen LogP contribution in [0.3, 0.4) is 0 Å². The molecule has 1 rings (SSSR count). The van der Waals surface area contributed by atoms with E-state index in [4.69, 9.17) is 9.47 Å². The Labute approximate surface area is 104 Å². The number of piperidine rings is 1. The van der Waals surface area contributed by atoms with Crippen LogP contribution in [0.2, 0.25) is 0 Å². The number of esters is 1. The van der Waals surface area contributed by atoms with Crippen molar-refractivity contribution in [1.82, 2.24) is 4.90 Å². The third kappa shape index (κ3) is 5.04. The van der Waals surface area contributed by atoms with Crippen molar-refractivity contribution in [2.24, 2.45) is 0 Å². The van der Waals surface area contributed by atoms with Gasteiger partial charge in [-0.25, -0.2) is 0 Å². The number of likely N-dealkylation sites (tertiary alicyclic amines) is 1. The summed E-state index contributed by atoms with van der Waals surface area (Å²) < 4.78 is 10.6. The summed E-state index contributed by atoms with van der Waals surface area (Å²) in [6.07, 6.45) is 4.76. The van der Waals surface area contributed by atoms with Gasteiger partial charge in [0.25, 0.3) is 0 Å².